The fourth-order valence-electron chi connectivity index (χ4n) is 1.84. The molecule has 3 nitrogen and oxygen atoms in total. The Morgan fingerprint density at radius 1 is 1.26 bits per heavy atom. The summed E-state index contributed by atoms with van der Waals surface area (Å²) in [6.07, 6.45) is 0. The zero-order chi connectivity index (χ0) is 13.8. The molecule has 1 aromatic carbocycles. The summed E-state index contributed by atoms with van der Waals surface area (Å²) in [6.45, 7) is 4.85. The van der Waals surface area contributed by atoms with Crippen LogP contribution in [-0.2, 0) is 6.54 Å². The Hall–Kier alpha value is -1.65. The Kier molecular flexibility index (Phi) is 4.35. The van der Waals surface area contributed by atoms with Crippen molar-refractivity contribution in [1.29, 1.82) is 0 Å². The third-order valence-electron chi connectivity index (χ3n) is 2.96. The summed E-state index contributed by atoms with van der Waals surface area (Å²) in [5.41, 5.74) is 3.15. The van der Waals surface area contributed by atoms with Crippen LogP contribution in [-0.4, -0.2) is 13.0 Å². The molecule has 1 aromatic heterocycles. The summed E-state index contributed by atoms with van der Waals surface area (Å²) >= 11 is 1.53. The SMILES string of the molecule is CNCc1cccc(NC(=O)c2cc(C)c(C)s2)c1. The first-order chi connectivity index (χ1) is 9.10. The molecule has 0 aliphatic rings. The molecular formula is C15H18N2OS. The highest BCUT2D eigenvalue weighted by Gasteiger charge is 2.10. The van der Waals surface area contributed by atoms with Gasteiger partial charge in [-0.1, -0.05) is 12.1 Å². The third-order valence-corrected chi connectivity index (χ3v) is 4.11. The molecular weight excluding hydrogens is 256 g/mol. The zero-order valence-corrected chi connectivity index (χ0v) is 12.2. The van der Waals surface area contributed by atoms with Gasteiger partial charge in [-0.3, -0.25) is 4.79 Å². The number of anilines is 1. The van der Waals surface area contributed by atoms with Crippen molar-refractivity contribution >= 4 is 22.9 Å². The summed E-state index contributed by atoms with van der Waals surface area (Å²) in [6, 6.07) is 9.82. The van der Waals surface area contributed by atoms with Gasteiger partial charge in [-0.15, -0.1) is 11.3 Å². The van der Waals surface area contributed by atoms with Gasteiger partial charge in [0.05, 0.1) is 4.88 Å². The van der Waals surface area contributed by atoms with Crippen molar-refractivity contribution in [2.75, 3.05) is 12.4 Å². The first-order valence-electron chi connectivity index (χ1n) is 6.22. The second-order valence-electron chi connectivity index (χ2n) is 4.53. The van der Waals surface area contributed by atoms with Crippen molar-refractivity contribution in [2.24, 2.45) is 0 Å². The molecule has 1 amide bonds. The molecule has 2 aromatic rings. The molecule has 0 fully saturated rings. The highest BCUT2D eigenvalue weighted by atomic mass is 32.1. The molecule has 2 rings (SSSR count). The third kappa shape index (κ3) is 3.43. The lowest BCUT2D eigenvalue weighted by atomic mass is 10.2. The van der Waals surface area contributed by atoms with Crippen molar-refractivity contribution in [3.63, 3.8) is 0 Å². The summed E-state index contributed by atoms with van der Waals surface area (Å²) in [5, 5.41) is 6.04. The van der Waals surface area contributed by atoms with Crippen LogP contribution in [0.25, 0.3) is 0 Å². The van der Waals surface area contributed by atoms with Crippen LogP contribution in [0.5, 0.6) is 0 Å². The molecule has 0 spiro atoms. The zero-order valence-electron chi connectivity index (χ0n) is 11.4. The quantitative estimate of drug-likeness (QED) is 0.898. The number of rotatable bonds is 4. The van der Waals surface area contributed by atoms with Crippen molar-refractivity contribution in [2.45, 2.75) is 20.4 Å². The van der Waals surface area contributed by atoms with Gasteiger partial charge in [-0.25, -0.2) is 0 Å². The van der Waals surface area contributed by atoms with Crippen LogP contribution in [0.1, 0.15) is 25.7 Å². The molecule has 0 radical (unpaired) electrons. The minimum atomic E-state index is -0.0391. The number of carbonyl (C=O) groups is 1. The Morgan fingerprint density at radius 2 is 2.05 bits per heavy atom. The first kappa shape index (κ1) is 13.8. The predicted octanol–water partition coefficient (Wildman–Crippen LogP) is 3.34. The van der Waals surface area contributed by atoms with Gasteiger partial charge in [0.15, 0.2) is 0 Å². The molecule has 2 N–H and O–H groups in total. The van der Waals surface area contributed by atoms with Crippen molar-refractivity contribution in [3.8, 4) is 0 Å². The van der Waals surface area contributed by atoms with E-state index >= 15 is 0 Å². The fourth-order valence-corrected chi connectivity index (χ4v) is 2.77. The second-order valence-corrected chi connectivity index (χ2v) is 5.79. The van der Waals surface area contributed by atoms with Gasteiger partial charge in [0.2, 0.25) is 0 Å². The van der Waals surface area contributed by atoms with Crippen molar-refractivity contribution < 1.29 is 4.79 Å². The molecule has 0 aliphatic carbocycles. The Balaban J connectivity index is 2.12. The second kappa shape index (κ2) is 5.99. The number of aryl methyl sites for hydroxylation is 2. The van der Waals surface area contributed by atoms with E-state index in [9.17, 15) is 4.79 Å². The number of amides is 1. The standard InChI is InChI=1S/C15H18N2OS/c1-10-7-14(19-11(10)2)15(18)17-13-6-4-5-12(8-13)9-16-3/h4-8,16H,9H2,1-3H3,(H,17,18). The van der Waals surface area contributed by atoms with Crippen LogP contribution < -0.4 is 10.6 Å². The van der Waals surface area contributed by atoms with Gasteiger partial charge in [0, 0.05) is 17.1 Å². The van der Waals surface area contributed by atoms with E-state index in [1.165, 1.54) is 21.8 Å². The van der Waals surface area contributed by atoms with E-state index in [-0.39, 0.29) is 5.91 Å². The number of hydrogen-bond donors (Lipinski definition) is 2. The summed E-state index contributed by atoms with van der Waals surface area (Å²) in [5.74, 6) is -0.0391. The largest absolute Gasteiger partial charge is 0.321 e. The van der Waals surface area contributed by atoms with E-state index in [0.717, 1.165) is 22.7 Å². The molecule has 0 bridgehead atoms. The highest BCUT2D eigenvalue weighted by Crippen LogP contribution is 2.22. The molecule has 100 valence electrons. The molecule has 1 heterocycles. The van der Waals surface area contributed by atoms with Gasteiger partial charge in [0.1, 0.15) is 0 Å². The Morgan fingerprint density at radius 3 is 2.68 bits per heavy atom. The maximum atomic E-state index is 12.1. The van der Waals surface area contributed by atoms with Crippen LogP contribution >= 0.6 is 11.3 Å². The Bertz CT molecular complexity index is 570. The van der Waals surface area contributed by atoms with Crippen molar-refractivity contribution in [3.05, 3.63) is 51.2 Å². The lowest BCUT2D eigenvalue weighted by Crippen LogP contribution is -2.11. The van der Waals surface area contributed by atoms with Gasteiger partial charge in [0.25, 0.3) is 5.91 Å². The van der Waals surface area contributed by atoms with E-state index in [2.05, 4.69) is 10.6 Å². The van der Waals surface area contributed by atoms with Crippen LogP contribution in [0.15, 0.2) is 30.3 Å². The number of carbonyl (C=O) groups excluding carboxylic acids is 1. The van der Waals surface area contributed by atoms with E-state index in [0.29, 0.717) is 0 Å². The number of nitrogens with one attached hydrogen (secondary N) is 2. The minimum absolute atomic E-state index is 0.0391. The van der Waals surface area contributed by atoms with Crippen LogP contribution in [0.2, 0.25) is 0 Å². The lowest BCUT2D eigenvalue weighted by molar-refractivity contribution is 0.103. The minimum Gasteiger partial charge on any atom is -0.321 e. The monoisotopic (exact) mass is 274 g/mol. The maximum Gasteiger partial charge on any atom is 0.265 e. The van der Waals surface area contributed by atoms with E-state index in [4.69, 9.17) is 0 Å². The first-order valence-corrected chi connectivity index (χ1v) is 7.03. The fraction of sp³-hybridized carbons (Fsp3) is 0.267. The Labute approximate surface area is 117 Å². The molecule has 0 unspecified atom stereocenters. The molecule has 4 heteroatoms. The van der Waals surface area contributed by atoms with Gasteiger partial charge < -0.3 is 10.6 Å². The molecule has 0 atom stereocenters. The molecule has 19 heavy (non-hydrogen) atoms. The van der Waals surface area contributed by atoms with Crippen LogP contribution in [0.4, 0.5) is 5.69 Å². The van der Waals surface area contributed by atoms with Gasteiger partial charge in [-0.05, 0) is 50.2 Å². The molecule has 0 aliphatic heterocycles. The summed E-state index contributed by atoms with van der Waals surface area (Å²) in [4.78, 5) is 14.1. The van der Waals surface area contributed by atoms with E-state index in [1.807, 2.05) is 51.2 Å². The van der Waals surface area contributed by atoms with Crippen molar-refractivity contribution in [1.82, 2.24) is 5.32 Å². The number of thiophene rings is 1. The topological polar surface area (TPSA) is 41.1 Å². The van der Waals surface area contributed by atoms with E-state index in [1.54, 1.807) is 0 Å². The average molecular weight is 274 g/mol. The average Bonchev–Trinajstić information content (AvgIpc) is 2.71. The maximum absolute atomic E-state index is 12.1. The summed E-state index contributed by atoms with van der Waals surface area (Å²) < 4.78 is 0. The van der Waals surface area contributed by atoms with E-state index < -0.39 is 0 Å². The number of hydrogen-bond acceptors (Lipinski definition) is 3. The highest BCUT2D eigenvalue weighted by molar-refractivity contribution is 7.14. The van der Waals surface area contributed by atoms with Crippen LogP contribution in [0, 0.1) is 13.8 Å². The smallest absolute Gasteiger partial charge is 0.265 e. The normalized spacial score (nSPS) is 10.5. The van der Waals surface area contributed by atoms with Crippen LogP contribution in [0.3, 0.4) is 0 Å². The predicted molar refractivity (Wildman–Crippen MR) is 81.0 cm³/mol. The lowest BCUT2D eigenvalue weighted by Gasteiger charge is -2.06. The summed E-state index contributed by atoms with van der Waals surface area (Å²) in [7, 11) is 1.91. The van der Waals surface area contributed by atoms with Gasteiger partial charge >= 0.3 is 0 Å². The molecule has 0 saturated carbocycles. The number of benzene rings is 1. The van der Waals surface area contributed by atoms with Gasteiger partial charge in [-0.2, -0.15) is 0 Å². The molecule has 0 saturated heterocycles.